The molecule has 0 saturated heterocycles. The van der Waals surface area contributed by atoms with Crippen molar-refractivity contribution in [3.63, 3.8) is 0 Å². The molecule has 0 aliphatic heterocycles. The lowest BCUT2D eigenvalue weighted by molar-refractivity contribution is 0.104. The van der Waals surface area contributed by atoms with E-state index in [4.69, 9.17) is 0 Å². The number of ketones is 1. The van der Waals surface area contributed by atoms with E-state index in [0.717, 1.165) is 12.1 Å². The Hall–Kier alpha value is -2.01. The summed E-state index contributed by atoms with van der Waals surface area (Å²) in [6.07, 6.45) is 1.28. The summed E-state index contributed by atoms with van der Waals surface area (Å²) in [5.74, 6) is -1.79. The Labute approximate surface area is 121 Å². The van der Waals surface area contributed by atoms with Gasteiger partial charge in [0, 0.05) is 17.2 Å². The van der Waals surface area contributed by atoms with Gasteiger partial charge in [0.1, 0.15) is 17.4 Å². The number of allylic oxidation sites excluding steroid dienone is 1. The number of phenols is 1. The van der Waals surface area contributed by atoms with Crippen LogP contribution in [0.25, 0.3) is 5.57 Å². The second kappa shape index (κ2) is 4.52. The summed E-state index contributed by atoms with van der Waals surface area (Å²) in [5, 5.41) is 9.60. The highest BCUT2D eigenvalue weighted by atomic mass is 79.9. The zero-order valence-corrected chi connectivity index (χ0v) is 11.5. The van der Waals surface area contributed by atoms with Crippen molar-refractivity contribution in [1.82, 2.24) is 0 Å². The molecule has 5 heteroatoms. The molecule has 100 valence electrons. The molecule has 0 heterocycles. The molecule has 0 amide bonds. The van der Waals surface area contributed by atoms with Crippen molar-refractivity contribution in [1.29, 1.82) is 0 Å². The van der Waals surface area contributed by atoms with Crippen LogP contribution in [0.1, 0.15) is 21.5 Å². The summed E-state index contributed by atoms with van der Waals surface area (Å²) in [6, 6.07) is 6.07. The number of hydrogen-bond acceptors (Lipinski definition) is 2. The zero-order chi connectivity index (χ0) is 14.4. The van der Waals surface area contributed by atoms with E-state index in [2.05, 4.69) is 15.9 Å². The molecule has 2 nitrogen and oxygen atoms in total. The van der Waals surface area contributed by atoms with Crippen molar-refractivity contribution in [3.8, 4) is 5.75 Å². The van der Waals surface area contributed by atoms with E-state index < -0.39 is 11.6 Å². The summed E-state index contributed by atoms with van der Waals surface area (Å²) in [7, 11) is 0. The number of fused-ring (bicyclic) bond motifs is 1. The van der Waals surface area contributed by atoms with Crippen LogP contribution in [-0.4, -0.2) is 10.9 Å². The van der Waals surface area contributed by atoms with E-state index in [1.807, 2.05) is 0 Å². The predicted molar refractivity (Wildman–Crippen MR) is 73.6 cm³/mol. The maximum absolute atomic E-state index is 13.9. The third-order valence-electron chi connectivity index (χ3n) is 3.14. The number of carbonyl (C=O) groups is 1. The molecule has 3 rings (SSSR count). The van der Waals surface area contributed by atoms with Gasteiger partial charge in [0.15, 0.2) is 5.78 Å². The maximum atomic E-state index is 13.9. The lowest BCUT2D eigenvalue weighted by atomic mass is 9.98. The highest BCUT2D eigenvalue weighted by Crippen LogP contribution is 2.38. The molecule has 0 bridgehead atoms. The van der Waals surface area contributed by atoms with Crippen LogP contribution in [0.3, 0.4) is 0 Å². The van der Waals surface area contributed by atoms with Gasteiger partial charge in [0.25, 0.3) is 0 Å². The Morgan fingerprint density at radius 2 is 1.75 bits per heavy atom. The van der Waals surface area contributed by atoms with Crippen molar-refractivity contribution < 1.29 is 18.7 Å². The molecule has 1 aliphatic carbocycles. The largest absolute Gasteiger partial charge is 0.507 e. The molecule has 1 aliphatic rings. The van der Waals surface area contributed by atoms with Gasteiger partial charge in [-0.1, -0.05) is 0 Å². The molecule has 0 saturated carbocycles. The van der Waals surface area contributed by atoms with E-state index in [0.29, 0.717) is 21.2 Å². The van der Waals surface area contributed by atoms with Gasteiger partial charge in [-0.2, -0.15) is 0 Å². The van der Waals surface area contributed by atoms with E-state index >= 15 is 0 Å². The summed E-state index contributed by atoms with van der Waals surface area (Å²) < 4.78 is 27.2. The van der Waals surface area contributed by atoms with E-state index in [1.165, 1.54) is 18.2 Å². The number of aromatic hydroxyl groups is 1. The fourth-order valence-corrected chi connectivity index (χ4v) is 2.55. The number of phenolic OH excluding ortho intramolecular Hbond substituents is 1. The Kier molecular flexibility index (Phi) is 2.94. The van der Waals surface area contributed by atoms with Crippen molar-refractivity contribution in [3.05, 3.63) is 69.2 Å². The highest BCUT2D eigenvalue weighted by Gasteiger charge is 2.25. The Morgan fingerprint density at radius 1 is 1.00 bits per heavy atom. The maximum Gasteiger partial charge on any atom is 0.187 e. The minimum absolute atomic E-state index is 0.0636. The van der Waals surface area contributed by atoms with Crippen LogP contribution in [0, 0.1) is 11.6 Å². The van der Waals surface area contributed by atoms with Crippen molar-refractivity contribution >= 4 is 27.3 Å². The first-order valence-electron chi connectivity index (χ1n) is 5.71. The van der Waals surface area contributed by atoms with Gasteiger partial charge in [0.2, 0.25) is 0 Å². The zero-order valence-electron chi connectivity index (χ0n) is 9.95. The third kappa shape index (κ3) is 1.94. The number of hydrogen-bond donors (Lipinski definition) is 1. The van der Waals surface area contributed by atoms with Crippen LogP contribution in [0.15, 0.2) is 40.9 Å². The summed E-state index contributed by atoms with van der Waals surface area (Å²) in [4.78, 5) is 11.9. The number of rotatable bonds is 1. The SMILES string of the molecule is O=C1C=C(c2ccc(F)cc2F)c2cc(Br)c(O)cc21. The van der Waals surface area contributed by atoms with Crippen LogP contribution in [-0.2, 0) is 0 Å². The lowest BCUT2D eigenvalue weighted by Crippen LogP contribution is -1.94. The van der Waals surface area contributed by atoms with Crippen LogP contribution in [0.4, 0.5) is 8.78 Å². The second-order valence-electron chi connectivity index (χ2n) is 4.40. The van der Waals surface area contributed by atoms with Crippen LogP contribution >= 0.6 is 15.9 Å². The number of halogens is 3. The summed E-state index contributed by atoms with van der Waals surface area (Å²) >= 11 is 3.16. The Morgan fingerprint density at radius 3 is 2.45 bits per heavy atom. The molecule has 0 fully saturated rings. The molecule has 20 heavy (non-hydrogen) atoms. The normalized spacial score (nSPS) is 13.3. The first-order chi connectivity index (χ1) is 9.47. The van der Waals surface area contributed by atoms with Crippen LogP contribution in [0.5, 0.6) is 5.75 Å². The number of benzene rings is 2. The van der Waals surface area contributed by atoms with Gasteiger partial charge < -0.3 is 5.11 Å². The Bertz CT molecular complexity index is 782. The van der Waals surface area contributed by atoms with E-state index in [9.17, 15) is 18.7 Å². The smallest absolute Gasteiger partial charge is 0.187 e. The molecular formula is C15H7BrF2O2. The van der Waals surface area contributed by atoms with Crippen molar-refractivity contribution in [2.45, 2.75) is 0 Å². The second-order valence-corrected chi connectivity index (χ2v) is 5.25. The van der Waals surface area contributed by atoms with Crippen molar-refractivity contribution in [2.75, 3.05) is 0 Å². The van der Waals surface area contributed by atoms with Gasteiger partial charge in [-0.05, 0) is 57.4 Å². The quantitative estimate of drug-likeness (QED) is 0.852. The van der Waals surface area contributed by atoms with E-state index in [-0.39, 0.29) is 17.1 Å². The molecule has 2 aromatic carbocycles. The standard InChI is InChI=1S/C15H7BrF2O2/c16-12-4-9-10(5-14(19)11(9)6-15(12)20)8-2-1-7(17)3-13(8)18/h1-6,20H. The topological polar surface area (TPSA) is 37.3 Å². The van der Waals surface area contributed by atoms with Gasteiger partial charge >= 0.3 is 0 Å². The van der Waals surface area contributed by atoms with Gasteiger partial charge in [-0.25, -0.2) is 8.78 Å². The molecule has 0 radical (unpaired) electrons. The first kappa shape index (κ1) is 13.0. The molecule has 0 unspecified atom stereocenters. The van der Waals surface area contributed by atoms with E-state index in [1.54, 1.807) is 6.07 Å². The lowest BCUT2D eigenvalue weighted by Gasteiger charge is -2.08. The van der Waals surface area contributed by atoms with Crippen molar-refractivity contribution in [2.24, 2.45) is 0 Å². The van der Waals surface area contributed by atoms with Gasteiger partial charge in [-0.3, -0.25) is 4.79 Å². The fraction of sp³-hybridized carbons (Fsp3) is 0. The summed E-state index contributed by atoms with van der Waals surface area (Å²) in [6.45, 7) is 0. The number of carbonyl (C=O) groups excluding carboxylic acids is 1. The molecular weight excluding hydrogens is 330 g/mol. The molecule has 0 atom stereocenters. The highest BCUT2D eigenvalue weighted by molar-refractivity contribution is 9.10. The first-order valence-corrected chi connectivity index (χ1v) is 6.51. The average Bonchev–Trinajstić information content (AvgIpc) is 2.67. The average molecular weight is 337 g/mol. The summed E-state index contributed by atoms with van der Waals surface area (Å²) in [5.41, 5.74) is 1.33. The van der Waals surface area contributed by atoms with Crippen LogP contribution in [0.2, 0.25) is 0 Å². The third-order valence-corrected chi connectivity index (χ3v) is 3.77. The Balaban J connectivity index is 2.22. The predicted octanol–water partition coefficient (Wildman–Crippen LogP) is 4.06. The van der Waals surface area contributed by atoms with Gasteiger partial charge in [-0.15, -0.1) is 0 Å². The molecule has 0 aromatic heterocycles. The molecule has 2 aromatic rings. The van der Waals surface area contributed by atoms with Gasteiger partial charge in [0.05, 0.1) is 4.47 Å². The molecule has 0 spiro atoms. The molecule has 1 N–H and O–H groups in total. The fourth-order valence-electron chi connectivity index (χ4n) is 2.21. The minimum Gasteiger partial charge on any atom is -0.507 e. The minimum atomic E-state index is -0.735. The monoisotopic (exact) mass is 336 g/mol. The van der Waals surface area contributed by atoms with Crippen LogP contribution < -0.4 is 0 Å².